The Labute approximate surface area is 168 Å². The monoisotopic (exact) mass is 398 g/mol. The van der Waals surface area contributed by atoms with Gasteiger partial charge < -0.3 is 9.73 Å². The number of likely N-dealkylation sites (tertiary alicyclic amines) is 1. The minimum Gasteiger partial charge on any atom is -0.459 e. The molecule has 3 aromatic rings. The van der Waals surface area contributed by atoms with Gasteiger partial charge in [-0.25, -0.2) is 4.39 Å². The smallest absolute Gasteiger partial charge is 0.291 e. The standard InChI is InChI=1S/C22H23FN2O2S/c1-15-14-17(22(28-15)24-21(26)19-10-7-13-27-19)20(25-11-5-2-6-12-25)16-8-3-4-9-18(16)23/h3-4,7-10,13-14,20H,2,5-6,11-12H2,1H3,(H,24,26)/t20-/m0/s1. The van der Waals surface area contributed by atoms with Crippen LogP contribution in [0.25, 0.3) is 0 Å². The number of nitrogens with one attached hydrogen (secondary N) is 1. The Morgan fingerprint density at radius 2 is 1.93 bits per heavy atom. The van der Waals surface area contributed by atoms with Crippen LogP contribution in [0, 0.1) is 12.7 Å². The van der Waals surface area contributed by atoms with Crippen molar-refractivity contribution in [2.45, 2.75) is 32.2 Å². The summed E-state index contributed by atoms with van der Waals surface area (Å²) >= 11 is 1.51. The molecule has 1 atom stereocenters. The zero-order valence-corrected chi connectivity index (χ0v) is 16.6. The molecule has 0 aliphatic carbocycles. The Hall–Kier alpha value is -2.44. The van der Waals surface area contributed by atoms with E-state index >= 15 is 0 Å². The van der Waals surface area contributed by atoms with Crippen LogP contribution in [-0.2, 0) is 0 Å². The predicted octanol–water partition coefficient (Wildman–Crippen LogP) is 5.62. The van der Waals surface area contributed by atoms with E-state index in [0.717, 1.165) is 41.4 Å². The molecule has 1 amide bonds. The number of furan rings is 1. The molecule has 146 valence electrons. The summed E-state index contributed by atoms with van der Waals surface area (Å²) in [5.74, 6) is -0.248. The lowest BCUT2D eigenvalue weighted by Gasteiger charge is -2.35. The van der Waals surface area contributed by atoms with Crippen molar-refractivity contribution in [1.82, 2.24) is 4.90 Å². The van der Waals surface area contributed by atoms with Crippen molar-refractivity contribution in [3.63, 3.8) is 0 Å². The quantitative estimate of drug-likeness (QED) is 0.607. The van der Waals surface area contributed by atoms with Gasteiger partial charge in [0.1, 0.15) is 10.8 Å². The highest BCUT2D eigenvalue weighted by atomic mass is 32.1. The molecule has 1 fully saturated rings. The molecule has 1 saturated heterocycles. The number of rotatable bonds is 5. The number of anilines is 1. The molecular weight excluding hydrogens is 375 g/mol. The molecule has 3 heterocycles. The minimum atomic E-state index is -0.293. The highest BCUT2D eigenvalue weighted by Crippen LogP contribution is 2.40. The SMILES string of the molecule is Cc1cc([C@H](c2ccccc2F)N2CCCCC2)c(NC(=O)c2ccco2)s1. The number of amides is 1. The number of halogens is 1. The number of piperidine rings is 1. The third-order valence-corrected chi connectivity index (χ3v) is 6.09. The van der Waals surface area contributed by atoms with Crippen LogP contribution in [0.4, 0.5) is 9.39 Å². The lowest BCUT2D eigenvalue weighted by Crippen LogP contribution is -2.35. The minimum absolute atomic E-state index is 0.217. The second-order valence-electron chi connectivity index (χ2n) is 7.09. The molecule has 2 aromatic heterocycles. The first kappa shape index (κ1) is 18.9. The number of thiophene rings is 1. The van der Waals surface area contributed by atoms with Gasteiger partial charge in [-0.05, 0) is 57.1 Å². The Balaban J connectivity index is 1.74. The molecule has 1 aliphatic heterocycles. The largest absolute Gasteiger partial charge is 0.459 e. The van der Waals surface area contributed by atoms with Crippen molar-refractivity contribution in [3.05, 3.63) is 76.3 Å². The van der Waals surface area contributed by atoms with Crippen LogP contribution >= 0.6 is 11.3 Å². The molecule has 28 heavy (non-hydrogen) atoms. The van der Waals surface area contributed by atoms with Crippen molar-refractivity contribution in [3.8, 4) is 0 Å². The van der Waals surface area contributed by atoms with Gasteiger partial charge in [-0.1, -0.05) is 24.6 Å². The van der Waals surface area contributed by atoms with Gasteiger partial charge in [0.15, 0.2) is 5.76 Å². The topological polar surface area (TPSA) is 45.5 Å². The van der Waals surface area contributed by atoms with Crippen LogP contribution in [-0.4, -0.2) is 23.9 Å². The Kier molecular flexibility index (Phi) is 5.59. The molecule has 4 rings (SSSR count). The molecule has 0 spiro atoms. The van der Waals surface area contributed by atoms with Crippen LogP contribution in [0.15, 0.2) is 53.1 Å². The van der Waals surface area contributed by atoms with Crippen molar-refractivity contribution < 1.29 is 13.6 Å². The van der Waals surface area contributed by atoms with Crippen LogP contribution < -0.4 is 5.32 Å². The molecule has 1 N–H and O–H groups in total. The average Bonchev–Trinajstić information content (AvgIpc) is 3.35. The van der Waals surface area contributed by atoms with E-state index in [0.29, 0.717) is 5.56 Å². The number of nitrogens with zero attached hydrogens (tertiary/aromatic N) is 1. The molecule has 6 heteroatoms. The van der Waals surface area contributed by atoms with E-state index in [9.17, 15) is 9.18 Å². The Morgan fingerprint density at radius 1 is 1.14 bits per heavy atom. The molecule has 4 nitrogen and oxygen atoms in total. The summed E-state index contributed by atoms with van der Waals surface area (Å²) in [6, 6.07) is 12.1. The normalized spacial score (nSPS) is 16.1. The van der Waals surface area contributed by atoms with Gasteiger partial charge in [0.25, 0.3) is 5.91 Å². The van der Waals surface area contributed by atoms with Gasteiger partial charge in [-0.15, -0.1) is 11.3 Å². The fourth-order valence-electron chi connectivity index (χ4n) is 3.84. The predicted molar refractivity (Wildman–Crippen MR) is 109 cm³/mol. The van der Waals surface area contributed by atoms with E-state index in [2.05, 4.69) is 16.3 Å². The van der Waals surface area contributed by atoms with Crippen LogP contribution in [0.2, 0.25) is 0 Å². The van der Waals surface area contributed by atoms with Crippen molar-refractivity contribution >= 4 is 22.2 Å². The first-order valence-electron chi connectivity index (χ1n) is 9.57. The van der Waals surface area contributed by atoms with Crippen LogP contribution in [0.3, 0.4) is 0 Å². The van der Waals surface area contributed by atoms with E-state index in [1.807, 2.05) is 19.1 Å². The molecule has 0 unspecified atom stereocenters. The molecule has 0 saturated carbocycles. The third-order valence-electron chi connectivity index (χ3n) is 5.11. The molecule has 1 aliphatic rings. The summed E-state index contributed by atoms with van der Waals surface area (Å²) in [4.78, 5) is 16.0. The molecule has 0 bridgehead atoms. The third kappa shape index (κ3) is 3.88. The number of hydrogen-bond donors (Lipinski definition) is 1. The second kappa shape index (κ2) is 8.29. The van der Waals surface area contributed by atoms with Gasteiger partial charge in [0.2, 0.25) is 0 Å². The zero-order chi connectivity index (χ0) is 19.5. The zero-order valence-electron chi connectivity index (χ0n) is 15.8. The average molecular weight is 399 g/mol. The Morgan fingerprint density at radius 3 is 2.64 bits per heavy atom. The van der Waals surface area contributed by atoms with Gasteiger partial charge in [0, 0.05) is 16.0 Å². The number of benzene rings is 1. The van der Waals surface area contributed by atoms with E-state index in [1.165, 1.54) is 30.1 Å². The molecule has 0 radical (unpaired) electrons. The lowest BCUT2D eigenvalue weighted by molar-refractivity contribution is 0.0996. The number of carbonyl (C=O) groups excluding carboxylic acids is 1. The van der Waals surface area contributed by atoms with E-state index < -0.39 is 0 Å². The summed E-state index contributed by atoms with van der Waals surface area (Å²) < 4.78 is 20.0. The number of hydrogen-bond acceptors (Lipinski definition) is 4. The van der Waals surface area contributed by atoms with Gasteiger partial charge in [-0.2, -0.15) is 0 Å². The van der Waals surface area contributed by atoms with Gasteiger partial charge >= 0.3 is 0 Å². The first-order valence-corrected chi connectivity index (χ1v) is 10.4. The van der Waals surface area contributed by atoms with E-state index in [4.69, 9.17) is 4.42 Å². The summed E-state index contributed by atoms with van der Waals surface area (Å²) in [5.41, 5.74) is 1.59. The maximum atomic E-state index is 14.8. The summed E-state index contributed by atoms with van der Waals surface area (Å²) in [7, 11) is 0. The fourth-order valence-corrected chi connectivity index (χ4v) is 4.78. The van der Waals surface area contributed by atoms with E-state index in [1.54, 1.807) is 18.2 Å². The number of aryl methyl sites for hydroxylation is 1. The fraction of sp³-hybridized carbons (Fsp3) is 0.318. The van der Waals surface area contributed by atoms with Crippen molar-refractivity contribution in [2.75, 3.05) is 18.4 Å². The van der Waals surface area contributed by atoms with Gasteiger partial charge in [-0.3, -0.25) is 9.69 Å². The highest BCUT2D eigenvalue weighted by molar-refractivity contribution is 7.16. The summed E-state index contributed by atoms with van der Waals surface area (Å²) in [5, 5.41) is 3.73. The van der Waals surface area contributed by atoms with Crippen molar-refractivity contribution in [2.24, 2.45) is 0 Å². The highest BCUT2D eigenvalue weighted by Gasteiger charge is 2.30. The lowest BCUT2D eigenvalue weighted by atomic mass is 9.95. The Bertz CT molecular complexity index is 945. The maximum absolute atomic E-state index is 14.8. The van der Waals surface area contributed by atoms with Crippen LogP contribution in [0.5, 0.6) is 0 Å². The number of carbonyl (C=O) groups is 1. The molecular formula is C22H23FN2O2S. The summed E-state index contributed by atoms with van der Waals surface area (Å²) in [6.07, 6.45) is 4.88. The van der Waals surface area contributed by atoms with Crippen molar-refractivity contribution in [1.29, 1.82) is 0 Å². The van der Waals surface area contributed by atoms with Gasteiger partial charge in [0.05, 0.1) is 12.3 Å². The second-order valence-corrected chi connectivity index (χ2v) is 8.35. The maximum Gasteiger partial charge on any atom is 0.291 e. The van der Waals surface area contributed by atoms with Crippen LogP contribution in [0.1, 0.15) is 51.9 Å². The van der Waals surface area contributed by atoms with E-state index in [-0.39, 0.29) is 23.5 Å². The summed E-state index contributed by atoms with van der Waals surface area (Å²) in [6.45, 7) is 3.84. The first-order chi connectivity index (χ1) is 13.6. The molecule has 1 aromatic carbocycles.